The maximum atomic E-state index is 5.56. The summed E-state index contributed by atoms with van der Waals surface area (Å²) in [6, 6.07) is 9.17. The van der Waals surface area contributed by atoms with Gasteiger partial charge in [-0.2, -0.15) is 0 Å². The summed E-state index contributed by atoms with van der Waals surface area (Å²) in [5.74, 6) is 2.20. The Kier molecular flexibility index (Phi) is 6.71. The van der Waals surface area contributed by atoms with Crippen molar-refractivity contribution in [3.8, 4) is 5.75 Å². The van der Waals surface area contributed by atoms with E-state index in [1.807, 2.05) is 0 Å². The highest BCUT2D eigenvalue weighted by atomic mass is 16.5. The van der Waals surface area contributed by atoms with E-state index in [4.69, 9.17) is 4.74 Å². The summed E-state index contributed by atoms with van der Waals surface area (Å²) in [7, 11) is 3.99. The summed E-state index contributed by atoms with van der Waals surface area (Å²) in [6.45, 7) is 8.16. The van der Waals surface area contributed by atoms with Gasteiger partial charge in [-0.1, -0.05) is 32.0 Å². The molecule has 1 atom stereocenters. The molecule has 22 heavy (non-hydrogen) atoms. The first-order chi connectivity index (χ1) is 10.6. The SMILES string of the molecule is COc1ccccc1[C@H](CCNC1CCN(C)CC1)C(C)C. The maximum Gasteiger partial charge on any atom is 0.122 e. The van der Waals surface area contributed by atoms with Crippen LogP contribution in [-0.4, -0.2) is 44.7 Å². The lowest BCUT2D eigenvalue weighted by atomic mass is 9.85. The Hall–Kier alpha value is -1.06. The van der Waals surface area contributed by atoms with Gasteiger partial charge in [0.25, 0.3) is 0 Å². The lowest BCUT2D eigenvalue weighted by Gasteiger charge is -2.30. The monoisotopic (exact) mass is 304 g/mol. The summed E-state index contributed by atoms with van der Waals surface area (Å²) in [6.07, 6.45) is 3.72. The van der Waals surface area contributed by atoms with Gasteiger partial charge in [-0.05, 0) is 69.4 Å². The van der Waals surface area contributed by atoms with Crippen LogP contribution in [0.15, 0.2) is 24.3 Å². The lowest BCUT2D eigenvalue weighted by molar-refractivity contribution is 0.233. The van der Waals surface area contributed by atoms with E-state index >= 15 is 0 Å². The minimum absolute atomic E-state index is 0.551. The van der Waals surface area contributed by atoms with Gasteiger partial charge in [-0.25, -0.2) is 0 Å². The molecule has 0 amide bonds. The Morgan fingerprint density at radius 3 is 2.55 bits per heavy atom. The van der Waals surface area contributed by atoms with Gasteiger partial charge in [0.1, 0.15) is 5.75 Å². The van der Waals surface area contributed by atoms with Gasteiger partial charge in [0.05, 0.1) is 7.11 Å². The summed E-state index contributed by atoms with van der Waals surface area (Å²) in [5.41, 5.74) is 1.35. The van der Waals surface area contributed by atoms with Crippen molar-refractivity contribution in [1.82, 2.24) is 10.2 Å². The molecule has 1 fully saturated rings. The number of methoxy groups -OCH3 is 1. The number of para-hydroxylation sites is 1. The molecule has 0 bridgehead atoms. The highest BCUT2D eigenvalue weighted by Crippen LogP contribution is 2.34. The lowest BCUT2D eigenvalue weighted by Crippen LogP contribution is -2.41. The van der Waals surface area contributed by atoms with Gasteiger partial charge in [0.15, 0.2) is 0 Å². The number of likely N-dealkylation sites (tertiary alicyclic amines) is 1. The van der Waals surface area contributed by atoms with Gasteiger partial charge in [-0.15, -0.1) is 0 Å². The van der Waals surface area contributed by atoms with Crippen LogP contribution in [0.1, 0.15) is 44.6 Å². The van der Waals surface area contributed by atoms with Crippen molar-refractivity contribution in [2.24, 2.45) is 5.92 Å². The Labute approximate surface area is 136 Å². The molecule has 3 heteroatoms. The normalized spacial score (nSPS) is 18.6. The highest BCUT2D eigenvalue weighted by Gasteiger charge is 2.21. The van der Waals surface area contributed by atoms with E-state index in [1.165, 1.54) is 37.9 Å². The third-order valence-electron chi connectivity index (χ3n) is 4.95. The zero-order valence-corrected chi connectivity index (χ0v) is 14.6. The molecule has 0 radical (unpaired) electrons. The predicted octanol–water partition coefficient (Wildman–Crippen LogP) is 3.51. The fraction of sp³-hybridized carbons (Fsp3) is 0.684. The average Bonchev–Trinajstić information content (AvgIpc) is 2.53. The van der Waals surface area contributed by atoms with Crippen molar-refractivity contribution in [3.63, 3.8) is 0 Å². The van der Waals surface area contributed by atoms with E-state index in [-0.39, 0.29) is 0 Å². The number of nitrogens with one attached hydrogen (secondary N) is 1. The highest BCUT2D eigenvalue weighted by molar-refractivity contribution is 5.36. The Morgan fingerprint density at radius 1 is 1.23 bits per heavy atom. The molecule has 1 saturated heterocycles. The smallest absolute Gasteiger partial charge is 0.122 e. The fourth-order valence-corrected chi connectivity index (χ4v) is 3.48. The second kappa shape index (κ2) is 8.54. The minimum atomic E-state index is 0.551. The molecule has 0 aromatic heterocycles. The molecular weight excluding hydrogens is 272 g/mol. The van der Waals surface area contributed by atoms with Crippen LogP contribution in [0.2, 0.25) is 0 Å². The molecule has 3 nitrogen and oxygen atoms in total. The maximum absolute atomic E-state index is 5.56. The minimum Gasteiger partial charge on any atom is -0.496 e. The Bertz CT molecular complexity index is 439. The van der Waals surface area contributed by atoms with E-state index in [0.29, 0.717) is 17.9 Å². The van der Waals surface area contributed by atoms with E-state index in [0.717, 1.165) is 12.3 Å². The molecule has 1 aromatic carbocycles. The first-order valence-electron chi connectivity index (χ1n) is 8.66. The number of nitrogens with zero attached hydrogens (tertiary/aromatic N) is 1. The van der Waals surface area contributed by atoms with Crippen molar-refractivity contribution >= 4 is 0 Å². The molecule has 1 N–H and O–H groups in total. The van der Waals surface area contributed by atoms with Gasteiger partial charge in [0, 0.05) is 6.04 Å². The van der Waals surface area contributed by atoms with E-state index in [2.05, 4.69) is 55.4 Å². The number of hydrogen-bond donors (Lipinski definition) is 1. The second-order valence-electron chi connectivity index (χ2n) is 6.91. The van der Waals surface area contributed by atoms with Gasteiger partial charge < -0.3 is 15.0 Å². The number of piperidine rings is 1. The predicted molar refractivity (Wildman–Crippen MR) is 93.7 cm³/mol. The van der Waals surface area contributed by atoms with Crippen molar-refractivity contribution in [1.29, 1.82) is 0 Å². The van der Waals surface area contributed by atoms with Crippen LogP contribution in [-0.2, 0) is 0 Å². The topological polar surface area (TPSA) is 24.5 Å². The fourth-order valence-electron chi connectivity index (χ4n) is 3.48. The third-order valence-corrected chi connectivity index (χ3v) is 4.95. The summed E-state index contributed by atoms with van der Waals surface area (Å²) in [4.78, 5) is 2.42. The molecule has 0 spiro atoms. The molecule has 0 unspecified atom stereocenters. The summed E-state index contributed by atoms with van der Waals surface area (Å²) < 4.78 is 5.56. The molecule has 124 valence electrons. The van der Waals surface area contributed by atoms with E-state index in [1.54, 1.807) is 7.11 Å². The van der Waals surface area contributed by atoms with Crippen LogP contribution in [0.3, 0.4) is 0 Å². The molecule has 1 aliphatic heterocycles. The molecule has 1 aromatic rings. The van der Waals surface area contributed by atoms with Crippen LogP contribution in [0.25, 0.3) is 0 Å². The quantitative estimate of drug-likeness (QED) is 0.834. The van der Waals surface area contributed by atoms with Crippen molar-refractivity contribution in [2.45, 2.75) is 45.1 Å². The van der Waals surface area contributed by atoms with Crippen LogP contribution in [0.4, 0.5) is 0 Å². The van der Waals surface area contributed by atoms with Crippen LogP contribution < -0.4 is 10.1 Å². The average molecular weight is 304 g/mol. The Balaban J connectivity index is 1.89. The molecular formula is C19H32N2O. The zero-order chi connectivity index (χ0) is 15.9. The standard InChI is InChI=1S/C19H32N2O/c1-15(2)17(18-7-5-6-8-19(18)22-4)9-12-20-16-10-13-21(3)14-11-16/h5-8,15-17,20H,9-14H2,1-4H3/t17-/m1/s1. The molecule has 2 rings (SSSR count). The van der Waals surface area contributed by atoms with E-state index in [9.17, 15) is 0 Å². The van der Waals surface area contributed by atoms with Crippen LogP contribution >= 0.6 is 0 Å². The molecule has 0 saturated carbocycles. The van der Waals surface area contributed by atoms with Gasteiger partial charge in [-0.3, -0.25) is 0 Å². The Morgan fingerprint density at radius 2 is 1.91 bits per heavy atom. The van der Waals surface area contributed by atoms with Gasteiger partial charge in [0.2, 0.25) is 0 Å². The number of rotatable bonds is 7. The third kappa shape index (κ3) is 4.72. The number of hydrogen-bond acceptors (Lipinski definition) is 3. The van der Waals surface area contributed by atoms with Crippen LogP contribution in [0, 0.1) is 5.92 Å². The van der Waals surface area contributed by atoms with Gasteiger partial charge >= 0.3 is 0 Å². The number of ether oxygens (including phenoxy) is 1. The largest absolute Gasteiger partial charge is 0.496 e. The van der Waals surface area contributed by atoms with Crippen molar-refractivity contribution < 1.29 is 4.74 Å². The van der Waals surface area contributed by atoms with Crippen molar-refractivity contribution in [3.05, 3.63) is 29.8 Å². The second-order valence-corrected chi connectivity index (χ2v) is 6.91. The van der Waals surface area contributed by atoms with Crippen molar-refractivity contribution in [2.75, 3.05) is 33.8 Å². The van der Waals surface area contributed by atoms with Crippen LogP contribution in [0.5, 0.6) is 5.75 Å². The summed E-state index contributed by atoms with van der Waals surface area (Å²) >= 11 is 0. The van der Waals surface area contributed by atoms with E-state index < -0.39 is 0 Å². The first kappa shape index (κ1) is 17.3. The first-order valence-corrected chi connectivity index (χ1v) is 8.66. The molecule has 1 aliphatic rings. The zero-order valence-electron chi connectivity index (χ0n) is 14.6. The molecule has 0 aliphatic carbocycles. The summed E-state index contributed by atoms with van der Waals surface area (Å²) in [5, 5.41) is 3.77. The molecule has 1 heterocycles. The number of benzene rings is 1.